The smallest absolute Gasteiger partial charge is 0.347 e. The average molecular weight is 330 g/mol. The summed E-state index contributed by atoms with van der Waals surface area (Å²) in [7, 11) is 1.88. The molecule has 0 bridgehead atoms. The summed E-state index contributed by atoms with van der Waals surface area (Å²) in [5, 5.41) is 3.16. The molecule has 106 valence electrons. The van der Waals surface area contributed by atoms with Gasteiger partial charge in [-0.15, -0.1) is 0 Å². The standard InChI is InChI=1S/C14H20BrNO3/c1-5-18-14(17)10(3)19-13-8-11(15)6-7-12(13)9(2)16-4/h6-10,16H,5H2,1-4H3. The van der Waals surface area contributed by atoms with Gasteiger partial charge in [-0.3, -0.25) is 0 Å². The quantitative estimate of drug-likeness (QED) is 0.815. The molecule has 1 rings (SSSR count). The molecule has 4 nitrogen and oxygen atoms in total. The zero-order valence-corrected chi connectivity index (χ0v) is 13.3. The first-order chi connectivity index (χ1) is 8.99. The maximum Gasteiger partial charge on any atom is 0.347 e. The summed E-state index contributed by atoms with van der Waals surface area (Å²) in [4.78, 5) is 11.6. The highest BCUT2D eigenvalue weighted by atomic mass is 79.9. The summed E-state index contributed by atoms with van der Waals surface area (Å²) < 4.78 is 11.6. The first-order valence-corrected chi connectivity index (χ1v) is 7.08. The van der Waals surface area contributed by atoms with Crippen LogP contribution >= 0.6 is 15.9 Å². The largest absolute Gasteiger partial charge is 0.479 e. The number of ether oxygens (including phenoxy) is 2. The summed E-state index contributed by atoms with van der Waals surface area (Å²) in [5.41, 5.74) is 1.00. The number of halogens is 1. The zero-order chi connectivity index (χ0) is 14.4. The minimum absolute atomic E-state index is 0.137. The van der Waals surface area contributed by atoms with Crippen molar-refractivity contribution in [1.82, 2.24) is 5.32 Å². The molecule has 1 aromatic rings. The maximum absolute atomic E-state index is 11.6. The minimum atomic E-state index is -0.628. The minimum Gasteiger partial charge on any atom is -0.479 e. The van der Waals surface area contributed by atoms with Crippen molar-refractivity contribution in [3.8, 4) is 5.75 Å². The highest BCUT2D eigenvalue weighted by molar-refractivity contribution is 9.10. The Morgan fingerprint density at radius 3 is 2.68 bits per heavy atom. The number of esters is 1. The van der Waals surface area contributed by atoms with Gasteiger partial charge in [0.2, 0.25) is 0 Å². The van der Waals surface area contributed by atoms with E-state index in [-0.39, 0.29) is 12.0 Å². The van der Waals surface area contributed by atoms with Gasteiger partial charge in [-0.25, -0.2) is 4.79 Å². The third-order valence-corrected chi connectivity index (χ3v) is 3.29. The highest BCUT2D eigenvalue weighted by Gasteiger charge is 2.19. The van der Waals surface area contributed by atoms with E-state index in [1.807, 2.05) is 32.2 Å². The van der Waals surface area contributed by atoms with Crippen molar-refractivity contribution in [3.05, 3.63) is 28.2 Å². The molecule has 19 heavy (non-hydrogen) atoms. The molecule has 0 aliphatic heterocycles. The second-order valence-corrected chi connectivity index (χ2v) is 5.12. The number of carbonyl (C=O) groups is 1. The Labute approximate surface area is 122 Å². The monoisotopic (exact) mass is 329 g/mol. The lowest BCUT2D eigenvalue weighted by Gasteiger charge is -2.19. The molecule has 0 radical (unpaired) electrons. The molecule has 1 aromatic carbocycles. The molecule has 0 spiro atoms. The number of hydrogen-bond acceptors (Lipinski definition) is 4. The van der Waals surface area contributed by atoms with E-state index in [1.54, 1.807) is 13.8 Å². The Hall–Kier alpha value is -1.07. The number of rotatable bonds is 6. The zero-order valence-electron chi connectivity index (χ0n) is 11.7. The molecule has 2 unspecified atom stereocenters. The van der Waals surface area contributed by atoms with Gasteiger partial charge in [0, 0.05) is 16.1 Å². The van der Waals surface area contributed by atoms with Crippen LogP contribution in [0.2, 0.25) is 0 Å². The van der Waals surface area contributed by atoms with Crippen LogP contribution in [-0.2, 0) is 9.53 Å². The van der Waals surface area contributed by atoms with Crippen molar-refractivity contribution < 1.29 is 14.3 Å². The van der Waals surface area contributed by atoms with E-state index in [0.29, 0.717) is 12.4 Å². The van der Waals surface area contributed by atoms with E-state index in [2.05, 4.69) is 21.2 Å². The number of hydrogen-bond donors (Lipinski definition) is 1. The van der Waals surface area contributed by atoms with Crippen molar-refractivity contribution in [2.24, 2.45) is 0 Å². The Balaban J connectivity index is 2.92. The van der Waals surface area contributed by atoms with Crippen LogP contribution < -0.4 is 10.1 Å². The fraction of sp³-hybridized carbons (Fsp3) is 0.500. The van der Waals surface area contributed by atoms with E-state index >= 15 is 0 Å². The van der Waals surface area contributed by atoms with Crippen molar-refractivity contribution >= 4 is 21.9 Å². The molecular weight excluding hydrogens is 310 g/mol. The van der Waals surface area contributed by atoms with Crippen molar-refractivity contribution in [3.63, 3.8) is 0 Å². The van der Waals surface area contributed by atoms with Crippen LogP contribution in [-0.4, -0.2) is 25.7 Å². The first-order valence-electron chi connectivity index (χ1n) is 6.29. The summed E-state index contributed by atoms with van der Waals surface area (Å²) in [6, 6.07) is 5.92. The summed E-state index contributed by atoms with van der Waals surface area (Å²) in [6.07, 6.45) is -0.628. The van der Waals surface area contributed by atoms with Gasteiger partial charge < -0.3 is 14.8 Å². The Morgan fingerprint density at radius 2 is 2.11 bits per heavy atom. The normalized spacial score (nSPS) is 13.7. The molecule has 0 fully saturated rings. The van der Waals surface area contributed by atoms with E-state index in [4.69, 9.17) is 9.47 Å². The summed E-state index contributed by atoms with van der Waals surface area (Å²) >= 11 is 3.41. The van der Waals surface area contributed by atoms with Crippen molar-refractivity contribution in [1.29, 1.82) is 0 Å². The molecule has 0 aliphatic rings. The Bertz CT molecular complexity index is 437. The molecule has 0 saturated carbocycles. The van der Waals surface area contributed by atoms with Gasteiger partial charge in [-0.1, -0.05) is 22.0 Å². The number of benzene rings is 1. The van der Waals surface area contributed by atoms with Crippen molar-refractivity contribution in [2.45, 2.75) is 32.9 Å². The van der Waals surface area contributed by atoms with Gasteiger partial charge in [-0.05, 0) is 40.0 Å². The number of nitrogens with one attached hydrogen (secondary N) is 1. The highest BCUT2D eigenvalue weighted by Crippen LogP contribution is 2.29. The second-order valence-electron chi connectivity index (χ2n) is 4.20. The lowest BCUT2D eigenvalue weighted by molar-refractivity contribution is -0.150. The van der Waals surface area contributed by atoms with Crippen molar-refractivity contribution in [2.75, 3.05) is 13.7 Å². The predicted molar refractivity (Wildman–Crippen MR) is 78.3 cm³/mol. The van der Waals surface area contributed by atoms with Crippen LogP contribution in [0.15, 0.2) is 22.7 Å². The second kappa shape index (κ2) is 7.50. The topological polar surface area (TPSA) is 47.6 Å². The van der Waals surface area contributed by atoms with Gasteiger partial charge in [0.05, 0.1) is 6.61 Å². The molecule has 0 aliphatic carbocycles. The third kappa shape index (κ3) is 4.51. The van der Waals surface area contributed by atoms with Gasteiger partial charge in [0.15, 0.2) is 6.10 Å². The fourth-order valence-corrected chi connectivity index (χ4v) is 1.96. The molecule has 0 aromatic heterocycles. The first kappa shape index (κ1) is 16.0. The Kier molecular flexibility index (Phi) is 6.31. The van der Waals surface area contributed by atoms with Crippen LogP contribution in [0.25, 0.3) is 0 Å². The summed E-state index contributed by atoms with van der Waals surface area (Å²) in [6.45, 7) is 5.85. The molecule has 0 amide bonds. The van der Waals surface area contributed by atoms with Crippen LogP contribution in [0.5, 0.6) is 5.75 Å². The van der Waals surface area contributed by atoms with Crippen LogP contribution in [0.4, 0.5) is 0 Å². The SMILES string of the molecule is CCOC(=O)C(C)Oc1cc(Br)ccc1C(C)NC. The van der Waals surface area contributed by atoms with E-state index in [9.17, 15) is 4.79 Å². The van der Waals surface area contributed by atoms with Gasteiger partial charge in [0.1, 0.15) is 5.75 Å². The molecule has 5 heteroatoms. The summed E-state index contributed by atoms with van der Waals surface area (Å²) in [5.74, 6) is 0.322. The van der Waals surface area contributed by atoms with E-state index < -0.39 is 6.10 Å². The van der Waals surface area contributed by atoms with Crippen LogP contribution in [0.3, 0.4) is 0 Å². The van der Waals surface area contributed by atoms with Crippen LogP contribution in [0, 0.1) is 0 Å². The lowest BCUT2D eigenvalue weighted by Crippen LogP contribution is -2.27. The third-order valence-electron chi connectivity index (χ3n) is 2.80. The average Bonchev–Trinajstić information content (AvgIpc) is 2.38. The molecular formula is C14H20BrNO3. The van der Waals surface area contributed by atoms with Gasteiger partial charge in [-0.2, -0.15) is 0 Å². The fourth-order valence-electron chi connectivity index (χ4n) is 1.62. The van der Waals surface area contributed by atoms with Gasteiger partial charge in [0.25, 0.3) is 0 Å². The molecule has 0 saturated heterocycles. The van der Waals surface area contributed by atoms with Gasteiger partial charge >= 0.3 is 5.97 Å². The predicted octanol–water partition coefficient (Wildman–Crippen LogP) is 3.06. The Morgan fingerprint density at radius 1 is 1.42 bits per heavy atom. The molecule has 2 atom stereocenters. The van der Waals surface area contributed by atoms with Crippen LogP contribution in [0.1, 0.15) is 32.4 Å². The van der Waals surface area contributed by atoms with E-state index in [1.165, 1.54) is 0 Å². The lowest BCUT2D eigenvalue weighted by atomic mass is 10.1. The number of carbonyl (C=O) groups excluding carboxylic acids is 1. The molecule has 0 heterocycles. The van der Waals surface area contributed by atoms with E-state index in [0.717, 1.165) is 10.0 Å². The molecule has 1 N–H and O–H groups in total. The maximum atomic E-state index is 11.6.